The topological polar surface area (TPSA) is 52.6 Å². The largest absolute Gasteiger partial charge is 0.462 e. The number of esters is 1. The lowest BCUT2D eigenvalue weighted by molar-refractivity contribution is -0.116. The fraction of sp³-hybridized carbons (Fsp3) is 0.385. The molecular formula is C13H13ClF2O4. The molecule has 0 aliphatic rings. The number of rotatable bonds is 6. The highest BCUT2D eigenvalue weighted by molar-refractivity contribution is 6.31. The Balaban J connectivity index is 3.33. The molecule has 0 fully saturated rings. The van der Waals surface area contributed by atoms with Crippen LogP contribution in [0.1, 0.15) is 35.1 Å². The first-order valence-corrected chi connectivity index (χ1v) is 6.21. The molecule has 1 aromatic carbocycles. The van der Waals surface area contributed by atoms with Crippen LogP contribution in [0.15, 0.2) is 18.2 Å². The van der Waals surface area contributed by atoms with Crippen molar-refractivity contribution in [2.75, 3.05) is 6.61 Å². The van der Waals surface area contributed by atoms with Gasteiger partial charge in [-0.3, -0.25) is 4.79 Å². The van der Waals surface area contributed by atoms with E-state index in [-0.39, 0.29) is 17.7 Å². The molecule has 0 aliphatic heterocycles. The average Bonchev–Trinajstić information content (AvgIpc) is 2.37. The molecule has 4 nitrogen and oxygen atoms in total. The lowest BCUT2D eigenvalue weighted by Crippen LogP contribution is -2.14. The van der Waals surface area contributed by atoms with Crippen LogP contribution in [0.25, 0.3) is 0 Å². The van der Waals surface area contributed by atoms with Gasteiger partial charge in [0.2, 0.25) is 0 Å². The zero-order chi connectivity index (χ0) is 15.3. The summed E-state index contributed by atoms with van der Waals surface area (Å²) >= 11 is 5.86. The van der Waals surface area contributed by atoms with E-state index in [0.29, 0.717) is 0 Å². The number of hydrogen-bond acceptors (Lipinski definition) is 4. The van der Waals surface area contributed by atoms with Gasteiger partial charge in [0.1, 0.15) is 16.7 Å². The molecule has 0 aliphatic carbocycles. The maximum Gasteiger partial charge on any atom is 0.387 e. The van der Waals surface area contributed by atoms with Gasteiger partial charge in [0.15, 0.2) is 5.78 Å². The number of ether oxygens (including phenoxy) is 2. The summed E-state index contributed by atoms with van der Waals surface area (Å²) in [7, 11) is 0. The minimum absolute atomic E-state index is 0.00465. The van der Waals surface area contributed by atoms with Gasteiger partial charge in [0.25, 0.3) is 0 Å². The van der Waals surface area contributed by atoms with E-state index < -0.39 is 29.5 Å². The van der Waals surface area contributed by atoms with Gasteiger partial charge < -0.3 is 9.47 Å². The Morgan fingerprint density at radius 1 is 1.35 bits per heavy atom. The normalized spacial score (nSPS) is 12.1. The van der Waals surface area contributed by atoms with E-state index in [0.717, 1.165) is 0 Å². The number of para-hydroxylation sites is 1. The van der Waals surface area contributed by atoms with Crippen LogP contribution in [0.2, 0.25) is 0 Å². The van der Waals surface area contributed by atoms with Crippen LogP contribution in [0.4, 0.5) is 8.78 Å². The second kappa shape index (κ2) is 7.19. The van der Waals surface area contributed by atoms with Gasteiger partial charge in [-0.15, -0.1) is 11.6 Å². The average molecular weight is 307 g/mol. The standard InChI is InChI=1S/C13H13ClF2O4/c1-3-19-12(18)9-6-4-5-8(10(14)7(2)17)11(9)20-13(15)16/h4-6,10,13H,3H2,1-2H3. The van der Waals surface area contributed by atoms with Crippen LogP contribution in [-0.2, 0) is 9.53 Å². The third-order valence-electron chi connectivity index (χ3n) is 2.38. The predicted molar refractivity (Wildman–Crippen MR) is 68.3 cm³/mol. The Bertz CT molecular complexity index is 505. The third-order valence-corrected chi connectivity index (χ3v) is 2.92. The number of hydrogen-bond donors (Lipinski definition) is 0. The van der Waals surface area contributed by atoms with Crippen LogP contribution in [0, 0.1) is 0 Å². The van der Waals surface area contributed by atoms with Crippen molar-refractivity contribution < 1.29 is 27.8 Å². The molecule has 0 bridgehead atoms. The molecule has 20 heavy (non-hydrogen) atoms. The minimum atomic E-state index is -3.15. The minimum Gasteiger partial charge on any atom is -0.462 e. The number of ketones is 1. The molecule has 7 heteroatoms. The second-order valence-electron chi connectivity index (χ2n) is 3.80. The Labute approximate surface area is 119 Å². The van der Waals surface area contributed by atoms with E-state index in [1.807, 2.05) is 0 Å². The molecule has 0 heterocycles. The van der Waals surface area contributed by atoms with Crippen molar-refractivity contribution in [2.24, 2.45) is 0 Å². The van der Waals surface area contributed by atoms with Crippen molar-refractivity contribution in [3.63, 3.8) is 0 Å². The van der Waals surface area contributed by atoms with Gasteiger partial charge in [-0.25, -0.2) is 4.79 Å². The van der Waals surface area contributed by atoms with Crippen molar-refractivity contribution >= 4 is 23.4 Å². The van der Waals surface area contributed by atoms with Gasteiger partial charge in [-0.2, -0.15) is 8.78 Å². The highest BCUT2D eigenvalue weighted by Gasteiger charge is 2.25. The summed E-state index contributed by atoms with van der Waals surface area (Å²) in [6.07, 6.45) is 0. The predicted octanol–water partition coefficient (Wildman–Crippen LogP) is 3.33. The Kier molecular flexibility index (Phi) is 5.88. The van der Waals surface area contributed by atoms with Crippen molar-refractivity contribution in [1.82, 2.24) is 0 Å². The maximum absolute atomic E-state index is 12.5. The fourth-order valence-corrected chi connectivity index (χ4v) is 1.74. The summed E-state index contributed by atoms with van der Waals surface area (Å²) in [5.41, 5.74) is -0.193. The van der Waals surface area contributed by atoms with Crippen LogP contribution in [0.5, 0.6) is 5.75 Å². The quantitative estimate of drug-likeness (QED) is 0.597. The molecule has 0 N–H and O–H groups in total. The van der Waals surface area contributed by atoms with Gasteiger partial charge in [-0.1, -0.05) is 12.1 Å². The summed E-state index contributed by atoms with van der Waals surface area (Å²) in [6.45, 7) is -0.287. The smallest absolute Gasteiger partial charge is 0.387 e. The zero-order valence-electron chi connectivity index (χ0n) is 10.9. The first kappa shape index (κ1) is 16.4. The second-order valence-corrected chi connectivity index (χ2v) is 4.23. The van der Waals surface area contributed by atoms with Crippen molar-refractivity contribution in [1.29, 1.82) is 0 Å². The van der Waals surface area contributed by atoms with Crippen molar-refractivity contribution in [2.45, 2.75) is 25.8 Å². The van der Waals surface area contributed by atoms with E-state index in [4.69, 9.17) is 16.3 Å². The summed E-state index contributed by atoms with van der Waals surface area (Å²) in [4.78, 5) is 23.0. The fourth-order valence-electron chi connectivity index (χ4n) is 1.56. The molecule has 1 unspecified atom stereocenters. The van der Waals surface area contributed by atoms with Gasteiger partial charge in [-0.05, 0) is 19.9 Å². The van der Waals surface area contributed by atoms with Crippen LogP contribution >= 0.6 is 11.6 Å². The molecule has 0 aromatic heterocycles. The lowest BCUT2D eigenvalue weighted by Gasteiger charge is -2.16. The van der Waals surface area contributed by atoms with Crippen molar-refractivity contribution in [3.05, 3.63) is 29.3 Å². The molecule has 0 radical (unpaired) electrons. The molecule has 110 valence electrons. The molecule has 1 rings (SSSR count). The van der Waals surface area contributed by atoms with Crippen LogP contribution in [-0.4, -0.2) is 25.0 Å². The molecule has 0 saturated heterocycles. The number of Topliss-reactive ketones (excluding diaryl/α,β-unsaturated/α-hetero) is 1. The summed E-state index contributed by atoms with van der Waals surface area (Å²) in [6, 6.07) is 4.03. The Morgan fingerprint density at radius 3 is 2.50 bits per heavy atom. The molecule has 1 aromatic rings. The first-order chi connectivity index (χ1) is 9.38. The monoisotopic (exact) mass is 306 g/mol. The molecular weight excluding hydrogens is 294 g/mol. The number of halogens is 3. The van der Waals surface area contributed by atoms with E-state index in [1.54, 1.807) is 6.92 Å². The summed E-state index contributed by atoms with van der Waals surface area (Å²) in [5, 5.41) is -1.18. The number of alkyl halides is 3. The zero-order valence-corrected chi connectivity index (χ0v) is 11.6. The van der Waals surface area contributed by atoms with E-state index in [9.17, 15) is 18.4 Å². The lowest BCUT2D eigenvalue weighted by atomic mass is 10.0. The summed E-state index contributed by atoms with van der Waals surface area (Å²) in [5.74, 6) is -1.71. The molecule has 0 saturated carbocycles. The van der Waals surface area contributed by atoms with E-state index in [1.165, 1.54) is 25.1 Å². The van der Waals surface area contributed by atoms with E-state index >= 15 is 0 Å². The molecule has 0 amide bonds. The highest BCUT2D eigenvalue weighted by atomic mass is 35.5. The van der Waals surface area contributed by atoms with Crippen LogP contribution < -0.4 is 4.74 Å². The van der Waals surface area contributed by atoms with Gasteiger partial charge in [0, 0.05) is 5.56 Å². The van der Waals surface area contributed by atoms with Crippen molar-refractivity contribution in [3.8, 4) is 5.75 Å². The Morgan fingerprint density at radius 2 is 2.00 bits per heavy atom. The number of benzene rings is 1. The van der Waals surface area contributed by atoms with E-state index in [2.05, 4.69) is 4.74 Å². The number of carbonyl (C=O) groups excluding carboxylic acids is 2. The van der Waals surface area contributed by atoms with Gasteiger partial charge >= 0.3 is 12.6 Å². The number of carbonyl (C=O) groups is 2. The molecule has 0 spiro atoms. The molecule has 1 atom stereocenters. The SMILES string of the molecule is CCOC(=O)c1cccc(C(Cl)C(C)=O)c1OC(F)F. The maximum atomic E-state index is 12.5. The summed E-state index contributed by atoms with van der Waals surface area (Å²) < 4.78 is 34.1. The van der Waals surface area contributed by atoms with Gasteiger partial charge in [0.05, 0.1) is 6.61 Å². The van der Waals surface area contributed by atoms with Crippen LogP contribution in [0.3, 0.4) is 0 Å². The Hall–Kier alpha value is -1.69. The third kappa shape index (κ3) is 3.90. The highest BCUT2D eigenvalue weighted by Crippen LogP contribution is 2.34. The first-order valence-electron chi connectivity index (χ1n) is 5.77.